The Morgan fingerprint density at radius 2 is 2.00 bits per heavy atom. The lowest BCUT2D eigenvalue weighted by molar-refractivity contribution is -0.142. The summed E-state index contributed by atoms with van der Waals surface area (Å²) in [6.07, 6.45) is 1.87. The van der Waals surface area contributed by atoms with Crippen molar-refractivity contribution >= 4 is 11.9 Å². The molecular weight excluding hydrogens is 210 g/mol. The lowest BCUT2D eigenvalue weighted by Gasteiger charge is -2.24. The molecule has 0 heterocycles. The minimum Gasteiger partial charge on any atom is -0.481 e. The zero-order valence-corrected chi connectivity index (χ0v) is 9.95. The highest BCUT2D eigenvalue weighted by Gasteiger charge is 2.34. The van der Waals surface area contributed by atoms with Crippen molar-refractivity contribution < 1.29 is 19.4 Å². The SMILES string of the molecule is COC(C)(C)C(=O)N[C@H]1CC[C@@H](C(=O)O)C1. The van der Waals surface area contributed by atoms with Gasteiger partial charge < -0.3 is 15.2 Å². The van der Waals surface area contributed by atoms with Crippen LogP contribution in [0, 0.1) is 5.92 Å². The Morgan fingerprint density at radius 3 is 2.44 bits per heavy atom. The molecular formula is C11H19NO4. The lowest BCUT2D eigenvalue weighted by Crippen LogP contribution is -2.47. The number of hydrogen-bond donors (Lipinski definition) is 2. The topological polar surface area (TPSA) is 75.6 Å². The maximum absolute atomic E-state index is 11.7. The molecule has 5 nitrogen and oxygen atoms in total. The monoisotopic (exact) mass is 229 g/mol. The van der Waals surface area contributed by atoms with Crippen molar-refractivity contribution in [3.63, 3.8) is 0 Å². The van der Waals surface area contributed by atoms with E-state index in [0.717, 1.165) is 6.42 Å². The number of methoxy groups -OCH3 is 1. The van der Waals surface area contributed by atoms with E-state index in [4.69, 9.17) is 9.84 Å². The van der Waals surface area contributed by atoms with E-state index in [1.54, 1.807) is 13.8 Å². The van der Waals surface area contributed by atoms with Gasteiger partial charge in [-0.1, -0.05) is 0 Å². The van der Waals surface area contributed by atoms with Crippen LogP contribution in [0.1, 0.15) is 33.1 Å². The predicted molar refractivity (Wildman–Crippen MR) is 58.0 cm³/mol. The Hall–Kier alpha value is -1.10. The van der Waals surface area contributed by atoms with Crippen molar-refractivity contribution in [2.75, 3.05) is 7.11 Å². The second-order valence-electron chi connectivity index (χ2n) is 4.73. The second-order valence-corrected chi connectivity index (χ2v) is 4.73. The van der Waals surface area contributed by atoms with Gasteiger partial charge in [0.2, 0.25) is 0 Å². The molecule has 0 saturated heterocycles. The fourth-order valence-corrected chi connectivity index (χ4v) is 1.79. The Bertz CT molecular complexity index is 288. The van der Waals surface area contributed by atoms with E-state index < -0.39 is 11.6 Å². The van der Waals surface area contributed by atoms with Crippen molar-refractivity contribution in [2.45, 2.75) is 44.8 Å². The van der Waals surface area contributed by atoms with Crippen LogP contribution >= 0.6 is 0 Å². The maximum Gasteiger partial charge on any atom is 0.306 e. The summed E-state index contributed by atoms with van der Waals surface area (Å²) in [5, 5.41) is 11.7. The van der Waals surface area contributed by atoms with Gasteiger partial charge in [-0.25, -0.2) is 0 Å². The van der Waals surface area contributed by atoms with E-state index in [9.17, 15) is 9.59 Å². The van der Waals surface area contributed by atoms with E-state index in [1.807, 2.05) is 0 Å². The zero-order valence-electron chi connectivity index (χ0n) is 9.95. The number of carboxylic acids is 1. The highest BCUT2D eigenvalue weighted by Crippen LogP contribution is 2.26. The van der Waals surface area contributed by atoms with Gasteiger partial charge in [0, 0.05) is 13.2 Å². The van der Waals surface area contributed by atoms with Gasteiger partial charge in [-0.15, -0.1) is 0 Å². The van der Waals surface area contributed by atoms with Crippen LogP contribution in [0.3, 0.4) is 0 Å². The molecule has 1 amide bonds. The zero-order chi connectivity index (χ0) is 12.3. The molecule has 5 heteroatoms. The number of amides is 1. The summed E-state index contributed by atoms with van der Waals surface area (Å²) in [5.41, 5.74) is -0.860. The molecule has 92 valence electrons. The maximum atomic E-state index is 11.7. The van der Waals surface area contributed by atoms with Crippen LogP contribution in [0.4, 0.5) is 0 Å². The molecule has 1 aliphatic rings. The third-order valence-electron chi connectivity index (χ3n) is 3.17. The van der Waals surface area contributed by atoms with Crippen LogP contribution in [0.2, 0.25) is 0 Å². The van der Waals surface area contributed by atoms with Crippen LogP contribution in [0.5, 0.6) is 0 Å². The van der Waals surface area contributed by atoms with E-state index in [1.165, 1.54) is 7.11 Å². The molecule has 1 rings (SSSR count). The Kier molecular flexibility index (Phi) is 3.91. The average molecular weight is 229 g/mol. The van der Waals surface area contributed by atoms with Gasteiger partial charge >= 0.3 is 5.97 Å². The molecule has 0 radical (unpaired) electrons. The van der Waals surface area contributed by atoms with E-state index >= 15 is 0 Å². The van der Waals surface area contributed by atoms with E-state index in [0.29, 0.717) is 12.8 Å². The van der Waals surface area contributed by atoms with Crippen LogP contribution in [0.15, 0.2) is 0 Å². The molecule has 0 spiro atoms. The van der Waals surface area contributed by atoms with Gasteiger partial charge in [0.1, 0.15) is 5.60 Å². The first-order valence-corrected chi connectivity index (χ1v) is 5.45. The highest BCUT2D eigenvalue weighted by molar-refractivity contribution is 5.84. The summed E-state index contributed by atoms with van der Waals surface area (Å²) in [6, 6.07) is -0.0389. The minimum absolute atomic E-state index is 0.0389. The number of aliphatic carboxylic acids is 1. The van der Waals surface area contributed by atoms with Crippen molar-refractivity contribution in [2.24, 2.45) is 5.92 Å². The number of nitrogens with one attached hydrogen (secondary N) is 1. The van der Waals surface area contributed by atoms with Crippen LogP contribution in [-0.4, -0.2) is 35.7 Å². The van der Waals surface area contributed by atoms with Crippen molar-refractivity contribution in [3.05, 3.63) is 0 Å². The third-order valence-corrected chi connectivity index (χ3v) is 3.17. The van der Waals surface area contributed by atoms with Crippen LogP contribution < -0.4 is 5.32 Å². The number of carbonyl (C=O) groups is 2. The first-order valence-electron chi connectivity index (χ1n) is 5.45. The van der Waals surface area contributed by atoms with Gasteiger partial charge in [0.15, 0.2) is 0 Å². The van der Waals surface area contributed by atoms with E-state index in [-0.39, 0.29) is 17.9 Å². The summed E-state index contributed by atoms with van der Waals surface area (Å²) in [4.78, 5) is 22.5. The number of carboxylic acid groups (broad SMARTS) is 1. The number of ether oxygens (including phenoxy) is 1. The lowest BCUT2D eigenvalue weighted by atomic mass is 10.1. The molecule has 0 aliphatic heterocycles. The molecule has 0 bridgehead atoms. The molecule has 0 unspecified atom stereocenters. The molecule has 1 saturated carbocycles. The van der Waals surface area contributed by atoms with Crippen molar-refractivity contribution in [1.29, 1.82) is 0 Å². The fourth-order valence-electron chi connectivity index (χ4n) is 1.79. The smallest absolute Gasteiger partial charge is 0.306 e. The normalized spacial score (nSPS) is 25.4. The molecule has 2 N–H and O–H groups in total. The molecule has 1 fully saturated rings. The molecule has 16 heavy (non-hydrogen) atoms. The summed E-state index contributed by atoms with van der Waals surface area (Å²) in [6.45, 7) is 3.37. The first kappa shape index (κ1) is 13.0. The average Bonchev–Trinajstić information content (AvgIpc) is 2.66. The summed E-state index contributed by atoms with van der Waals surface area (Å²) >= 11 is 0. The van der Waals surface area contributed by atoms with Gasteiger partial charge in [-0.05, 0) is 33.1 Å². The van der Waals surface area contributed by atoms with Gasteiger partial charge in [-0.2, -0.15) is 0 Å². The summed E-state index contributed by atoms with van der Waals surface area (Å²) in [5.74, 6) is -1.29. The van der Waals surface area contributed by atoms with Crippen LogP contribution in [-0.2, 0) is 14.3 Å². The van der Waals surface area contributed by atoms with Gasteiger partial charge in [-0.3, -0.25) is 9.59 Å². The van der Waals surface area contributed by atoms with E-state index in [2.05, 4.69) is 5.32 Å². The summed E-state index contributed by atoms with van der Waals surface area (Å²) in [7, 11) is 1.48. The highest BCUT2D eigenvalue weighted by atomic mass is 16.5. The number of rotatable bonds is 4. The summed E-state index contributed by atoms with van der Waals surface area (Å²) < 4.78 is 5.06. The van der Waals surface area contributed by atoms with Gasteiger partial charge in [0.05, 0.1) is 5.92 Å². The Morgan fingerprint density at radius 1 is 1.38 bits per heavy atom. The van der Waals surface area contributed by atoms with Crippen molar-refractivity contribution in [3.8, 4) is 0 Å². The quantitative estimate of drug-likeness (QED) is 0.747. The fraction of sp³-hybridized carbons (Fsp3) is 0.818. The molecule has 0 aromatic rings. The third kappa shape index (κ3) is 2.95. The molecule has 2 atom stereocenters. The number of carbonyl (C=O) groups excluding carboxylic acids is 1. The largest absolute Gasteiger partial charge is 0.481 e. The Labute approximate surface area is 95.2 Å². The Balaban J connectivity index is 2.46. The molecule has 1 aliphatic carbocycles. The first-order chi connectivity index (χ1) is 7.36. The standard InChI is InChI=1S/C11H19NO4/c1-11(2,16-3)10(15)12-8-5-4-7(6-8)9(13)14/h7-8H,4-6H2,1-3H3,(H,12,15)(H,13,14)/t7-,8+/m1/s1. The van der Waals surface area contributed by atoms with Gasteiger partial charge in [0.25, 0.3) is 5.91 Å². The van der Waals surface area contributed by atoms with Crippen LogP contribution in [0.25, 0.3) is 0 Å². The molecule has 0 aromatic heterocycles. The molecule has 0 aromatic carbocycles. The predicted octanol–water partition coefficient (Wildman–Crippen LogP) is 0.781. The van der Waals surface area contributed by atoms with Crippen molar-refractivity contribution in [1.82, 2.24) is 5.32 Å². The second kappa shape index (κ2) is 4.82. The minimum atomic E-state index is -0.860. The number of hydrogen-bond acceptors (Lipinski definition) is 3.